The molecule has 0 bridgehead atoms. The summed E-state index contributed by atoms with van der Waals surface area (Å²) in [4.78, 5) is 2.47. The van der Waals surface area contributed by atoms with Crippen molar-refractivity contribution in [2.24, 2.45) is 7.05 Å². The molecule has 3 rings (SSSR count). The van der Waals surface area contributed by atoms with Crippen molar-refractivity contribution in [3.05, 3.63) is 11.8 Å². The van der Waals surface area contributed by atoms with Crippen LogP contribution in [0.2, 0.25) is 0 Å². The molecule has 0 aromatic carbocycles. The minimum Gasteiger partial charge on any atom is -0.352 e. The maximum Gasteiger partial charge on any atom is 0.150 e. The second-order valence-corrected chi connectivity index (χ2v) is 5.96. The number of nitrogens with one attached hydrogen (secondary N) is 1. The normalized spacial score (nSPS) is 23.6. The Morgan fingerprint density at radius 2 is 2.06 bits per heavy atom. The Hall–Kier alpha value is -1.03. The van der Waals surface area contributed by atoms with Gasteiger partial charge in [-0.1, -0.05) is 19.3 Å². The van der Waals surface area contributed by atoms with Gasteiger partial charge in [-0.25, -0.2) is 0 Å². The summed E-state index contributed by atoms with van der Waals surface area (Å²) >= 11 is 0. The molecule has 1 spiro atoms. The third-order valence-electron chi connectivity index (χ3n) is 4.61. The Bertz CT molecular complexity index is 392. The SMILES string of the molecule is Cc1cc(N2CCNC3(CCCCC3)C2)nn1C. The third-order valence-corrected chi connectivity index (χ3v) is 4.61. The fraction of sp³-hybridized carbons (Fsp3) is 0.786. The van der Waals surface area contributed by atoms with Crippen LogP contribution in [0.1, 0.15) is 37.8 Å². The minimum atomic E-state index is 0.363. The van der Waals surface area contributed by atoms with Crippen molar-refractivity contribution in [1.29, 1.82) is 0 Å². The first kappa shape index (κ1) is 12.0. The van der Waals surface area contributed by atoms with Gasteiger partial charge < -0.3 is 10.2 Å². The zero-order valence-electron chi connectivity index (χ0n) is 11.6. The van der Waals surface area contributed by atoms with Crippen molar-refractivity contribution >= 4 is 5.82 Å². The summed E-state index contributed by atoms with van der Waals surface area (Å²) in [6.07, 6.45) is 6.82. The van der Waals surface area contributed by atoms with E-state index in [0.717, 1.165) is 25.5 Å². The summed E-state index contributed by atoms with van der Waals surface area (Å²) in [6, 6.07) is 2.21. The predicted octanol–water partition coefficient (Wildman–Crippen LogP) is 1.84. The molecular weight excluding hydrogens is 224 g/mol. The van der Waals surface area contributed by atoms with Crippen molar-refractivity contribution in [2.75, 3.05) is 24.5 Å². The molecule has 4 heteroatoms. The average Bonchev–Trinajstić information content (AvgIpc) is 2.71. The van der Waals surface area contributed by atoms with E-state index in [1.54, 1.807) is 0 Å². The van der Waals surface area contributed by atoms with Gasteiger partial charge in [-0.15, -0.1) is 0 Å². The number of aryl methyl sites for hydroxylation is 2. The summed E-state index contributed by atoms with van der Waals surface area (Å²) in [5.41, 5.74) is 1.60. The molecule has 100 valence electrons. The van der Waals surface area contributed by atoms with Crippen LogP contribution < -0.4 is 10.2 Å². The van der Waals surface area contributed by atoms with E-state index in [4.69, 9.17) is 0 Å². The molecule has 0 atom stereocenters. The fourth-order valence-corrected chi connectivity index (χ4v) is 3.41. The highest BCUT2D eigenvalue weighted by atomic mass is 15.4. The molecule has 1 aliphatic carbocycles. The summed E-state index contributed by atoms with van der Waals surface area (Å²) in [7, 11) is 2.03. The van der Waals surface area contributed by atoms with E-state index in [2.05, 4.69) is 28.3 Å². The van der Waals surface area contributed by atoms with Crippen molar-refractivity contribution in [1.82, 2.24) is 15.1 Å². The van der Waals surface area contributed by atoms with Gasteiger partial charge in [0.15, 0.2) is 5.82 Å². The van der Waals surface area contributed by atoms with Gasteiger partial charge >= 0.3 is 0 Å². The van der Waals surface area contributed by atoms with Gasteiger partial charge in [-0.3, -0.25) is 4.68 Å². The van der Waals surface area contributed by atoms with Gasteiger partial charge in [0, 0.05) is 44.0 Å². The monoisotopic (exact) mass is 248 g/mol. The molecule has 2 fully saturated rings. The molecular formula is C14H24N4. The summed E-state index contributed by atoms with van der Waals surface area (Å²) in [5.74, 6) is 1.15. The van der Waals surface area contributed by atoms with Crippen molar-refractivity contribution in [3.8, 4) is 0 Å². The lowest BCUT2D eigenvalue weighted by Gasteiger charge is -2.46. The smallest absolute Gasteiger partial charge is 0.150 e. The molecule has 0 radical (unpaired) electrons. The number of piperazine rings is 1. The van der Waals surface area contributed by atoms with Crippen LogP contribution in [0, 0.1) is 6.92 Å². The van der Waals surface area contributed by atoms with E-state index in [9.17, 15) is 0 Å². The van der Waals surface area contributed by atoms with Gasteiger partial charge in [-0.2, -0.15) is 5.10 Å². The molecule has 2 aliphatic rings. The summed E-state index contributed by atoms with van der Waals surface area (Å²) in [5, 5.41) is 8.41. The van der Waals surface area contributed by atoms with Gasteiger partial charge in [0.05, 0.1) is 0 Å². The van der Waals surface area contributed by atoms with Gasteiger partial charge in [0.1, 0.15) is 0 Å². The van der Waals surface area contributed by atoms with Gasteiger partial charge in [0.2, 0.25) is 0 Å². The zero-order valence-corrected chi connectivity index (χ0v) is 11.6. The average molecular weight is 248 g/mol. The van der Waals surface area contributed by atoms with Gasteiger partial charge in [0.25, 0.3) is 0 Å². The quantitative estimate of drug-likeness (QED) is 0.823. The molecule has 1 aromatic rings. The number of rotatable bonds is 1. The Kier molecular flexibility index (Phi) is 3.06. The minimum absolute atomic E-state index is 0.363. The van der Waals surface area contributed by atoms with E-state index in [1.807, 2.05) is 11.7 Å². The number of aromatic nitrogens is 2. The first-order valence-corrected chi connectivity index (χ1v) is 7.19. The van der Waals surface area contributed by atoms with Crippen molar-refractivity contribution < 1.29 is 0 Å². The summed E-state index contributed by atoms with van der Waals surface area (Å²) < 4.78 is 1.98. The van der Waals surface area contributed by atoms with Crippen LogP contribution in [0.3, 0.4) is 0 Å². The van der Waals surface area contributed by atoms with Crippen molar-refractivity contribution in [3.63, 3.8) is 0 Å². The van der Waals surface area contributed by atoms with Crippen molar-refractivity contribution in [2.45, 2.75) is 44.6 Å². The van der Waals surface area contributed by atoms with Crippen LogP contribution in [0.25, 0.3) is 0 Å². The molecule has 1 N–H and O–H groups in total. The lowest BCUT2D eigenvalue weighted by atomic mass is 9.80. The molecule has 4 nitrogen and oxygen atoms in total. The van der Waals surface area contributed by atoms with Gasteiger partial charge in [-0.05, 0) is 19.8 Å². The van der Waals surface area contributed by atoms with Crippen LogP contribution >= 0.6 is 0 Å². The second-order valence-electron chi connectivity index (χ2n) is 5.96. The Labute approximate surface area is 109 Å². The number of hydrogen-bond donors (Lipinski definition) is 1. The molecule has 1 saturated carbocycles. The lowest BCUT2D eigenvalue weighted by molar-refractivity contribution is 0.215. The molecule has 18 heavy (non-hydrogen) atoms. The van der Waals surface area contributed by atoms with Crippen LogP contribution in [-0.2, 0) is 7.05 Å². The largest absolute Gasteiger partial charge is 0.352 e. The Morgan fingerprint density at radius 3 is 2.72 bits per heavy atom. The zero-order chi connectivity index (χ0) is 12.6. The highest BCUT2D eigenvalue weighted by Crippen LogP contribution is 2.32. The molecule has 0 amide bonds. The predicted molar refractivity (Wildman–Crippen MR) is 74.0 cm³/mol. The lowest BCUT2D eigenvalue weighted by Crippen LogP contribution is -2.61. The Morgan fingerprint density at radius 1 is 1.28 bits per heavy atom. The third kappa shape index (κ3) is 2.14. The summed E-state index contributed by atoms with van der Waals surface area (Å²) in [6.45, 7) is 5.42. The maximum absolute atomic E-state index is 4.63. The number of anilines is 1. The highest BCUT2D eigenvalue weighted by molar-refractivity contribution is 5.41. The standard InChI is InChI=1S/C14H24N4/c1-12-10-13(16-17(12)2)18-9-8-15-14(11-18)6-4-3-5-7-14/h10,15H,3-9,11H2,1-2H3. The fourth-order valence-electron chi connectivity index (χ4n) is 3.41. The first-order chi connectivity index (χ1) is 8.69. The molecule has 1 aliphatic heterocycles. The van der Waals surface area contributed by atoms with E-state index in [-0.39, 0.29) is 0 Å². The first-order valence-electron chi connectivity index (χ1n) is 7.19. The van der Waals surface area contributed by atoms with Crippen LogP contribution in [0.5, 0.6) is 0 Å². The van der Waals surface area contributed by atoms with Crippen LogP contribution in [0.15, 0.2) is 6.07 Å². The Balaban J connectivity index is 1.77. The highest BCUT2D eigenvalue weighted by Gasteiger charge is 2.36. The molecule has 1 saturated heterocycles. The molecule has 1 aromatic heterocycles. The van der Waals surface area contributed by atoms with E-state index < -0.39 is 0 Å². The molecule has 0 unspecified atom stereocenters. The van der Waals surface area contributed by atoms with E-state index >= 15 is 0 Å². The molecule has 2 heterocycles. The number of hydrogen-bond acceptors (Lipinski definition) is 3. The van der Waals surface area contributed by atoms with Crippen LogP contribution in [-0.4, -0.2) is 35.0 Å². The maximum atomic E-state index is 4.63. The van der Waals surface area contributed by atoms with E-state index in [0.29, 0.717) is 5.54 Å². The number of nitrogens with zero attached hydrogens (tertiary/aromatic N) is 3. The second kappa shape index (κ2) is 4.57. The van der Waals surface area contributed by atoms with E-state index in [1.165, 1.54) is 37.8 Å². The topological polar surface area (TPSA) is 33.1 Å². The van der Waals surface area contributed by atoms with Crippen LogP contribution in [0.4, 0.5) is 5.82 Å².